The van der Waals surface area contributed by atoms with Crippen LogP contribution in [0.2, 0.25) is 0 Å². The fourth-order valence-corrected chi connectivity index (χ4v) is 8.72. The summed E-state index contributed by atoms with van der Waals surface area (Å²) in [7, 11) is 0. The monoisotopic (exact) mass is 752 g/mol. The third-order valence-electron chi connectivity index (χ3n) is 11.5. The van der Waals surface area contributed by atoms with Crippen LogP contribution in [0.3, 0.4) is 0 Å². The normalized spacial score (nSPS) is 11.7. The zero-order valence-corrected chi connectivity index (χ0v) is 31.7. The van der Waals surface area contributed by atoms with E-state index in [0.29, 0.717) is 23.4 Å². The number of fused-ring (bicyclic) bond motifs is 10. The van der Waals surface area contributed by atoms with E-state index in [1.54, 1.807) is 0 Å². The third kappa shape index (κ3) is 5.47. The van der Waals surface area contributed by atoms with Crippen molar-refractivity contribution in [2.45, 2.75) is 0 Å². The second-order valence-electron chi connectivity index (χ2n) is 15.0. The summed E-state index contributed by atoms with van der Waals surface area (Å²) in [5.74, 6) is 2.47. The molecule has 0 atom stereocenters. The molecule has 2 heterocycles. The van der Waals surface area contributed by atoms with Crippen molar-refractivity contribution in [3.8, 4) is 56.7 Å². The minimum Gasteiger partial charge on any atom is -0.435 e. The molecule has 0 bridgehead atoms. The molecule has 0 aliphatic heterocycles. The van der Waals surface area contributed by atoms with Crippen LogP contribution in [0, 0.1) is 0 Å². The van der Waals surface area contributed by atoms with Crippen LogP contribution in [0.5, 0.6) is 0 Å². The van der Waals surface area contributed by atoms with Gasteiger partial charge in [-0.15, -0.1) is 0 Å². The van der Waals surface area contributed by atoms with Crippen molar-refractivity contribution in [2.24, 2.45) is 0 Å². The Morgan fingerprint density at radius 1 is 0.305 bits per heavy atom. The predicted molar refractivity (Wildman–Crippen MR) is 242 cm³/mol. The molecule has 0 saturated heterocycles. The molecular weight excluding hydrogens is 721 g/mol. The molecule has 0 spiro atoms. The largest absolute Gasteiger partial charge is 0.435 e. The number of rotatable bonds is 5. The molecular formula is C54H32N4O. The van der Waals surface area contributed by atoms with Gasteiger partial charge in [0.05, 0.1) is 0 Å². The summed E-state index contributed by atoms with van der Waals surface area (Å²) >= 11 is 0. The smallest absolute Gasteiger partial charge is 0.227 e. The topological polar surface area (TPSA) is 64.7 Å². The van der Waals surface area contributed by atoms with Gasteiger partial charge < -0.3 is 4.42 Å². The Morgan fingerprint density at radius 3 is 1.58 bits per heavy atom. The van der Waals surface area contributed by atoms with Crippen LogP contribution in [0.15, 0.2) is 199 Å². The second kappa shape index (κ2) is 13.3. The summed E-state index contributed by atoms with van der Waals surface area (Å²) in [6, 6.07) is 67.6. The maximum absolute atomic E-state index is 6.55. The molecule has 5 nitrogen and oxygen atoms in total. The predicted octanol–water partition coefficient (Wildman–Crippen LogP) is 14.1. The number of hydrogen-bond acceptors (Lipinski definition) is 5. The molecule has 0 fully saturated rings. The van der Waals surface area contributed by atoms with Gasteiger partial charge in [0.25, 0.3) is 0 Å². The lowest BCUT2D eigenvalue weighted by Crippen LogP contribution is -2.00. The van der Waals surface area contributed by atoms with Gasteiger partial charge in [-0.1, -0.05) is 164 Å². The number of nitrogens with zero attached hydrogens (tertiary/aromatic N) is 4. The third-order valence-corrected chi connectivity index (χ3v) is 11.5. The Hall–Kier alpha value is -8.02. The molecule has 5 heteroatoms. The van der Waals surface area contributed by atoms with Crippen LogP contribution in [-0.4, -0.2) is 19.9 Å². The van der Waals surface area contributed by atoms with E-state index in [0.717, 1.165) is 66.0 Å². The van der Waals surface area contributed by atoms with Gasteiger partial charge in [-0.2, -0.15) is 0 Å². The van der Waals surface area contributed by atoms with E-state index >= 15 is 0 Å². The zero-order valence-electron chi connectivity index (χ0n) is 31.7. The lowest BCUT2D eigenvalue weighted by Gasteiger charge is -2.14. The highest BCUT2D eigenvalue weighted by Gasteiger charge is 2.19. The maximum atomic E-state index is 6.55. The van der Waals surface area contributed by atoms with Crippen molar-refractivity contribution >= 4 is 65.0 Å². The van der Waals surface area contributed by atoms with Crippen LogP contribution in [0.1, 0.15) is 0 Å². The summed E-state index contributed by atoms with van der Waals surface area (Å²) in [5.41, 5.74) is 7.46. The molecule has 0 saturated carbocycles. The van der Waals surface area contributed by atoms with E-state index in [2.05, 4.69) is 140 Å². The number of oxazole rings is 1. The van der Waals surface area contributed by atoms with Crippen molar-refractivity contribution in [3.63, 3.8) is 0 Å². The summed E-state index contributed by atoms with van der Waals surface area (Å²) in [6.07, 6.45) is 0. The molecule has 2 aromatic heterocycles. The summed E-state index contributed by atoms with van der Waals surface area (Å²) in [4.78, 5) is 20.5. The lowest BCUT2D eigenvalue weighted by molar-refractivity contribution is 0.623. The van der Waals surface area contributed by atoms with E-state index in [9.17, 15) is 0 Å². The molecule has 12 rings (SSSR count). The second-order valence-corrected chi connectivity index (χ2v) is 15.0. The molecule has 12 aromatic rings. The lowest BCUT2D eigenvalue weighted by atomic mass is 9.93. The Labute approximate surface area is 338 Å². The van der Waals surface area contributed by atoms with Gasteiger partial charge in [0, 0.05) is 27.6 Å². The van der Waals surface area contributed by atoms with Gasteiger partial charge in [-0.3, -0.25) is 0 Å². The molecule has 0 radical (unpaired) electrons. The van der Waals surface area contributed by atoms with Gasteiger partial charge >= 0.3 is 0 Å². The first-order chi connectivity index (χ1) is 29.2. The Morgan fingerprint density at radius 2 is 0.847 bits per heavy atom. The quantitative estimate of drug-likeness (QED) is 0.164. The van der Waals surface area contributed by atoms with Crippen molar-refractivity contribution in [3.05, 3.63) is 194 Å². The van der Waals surface area contributed by atoms with Crippen LogP contribution in [-0.2, 0) is 0 Å². The van der Waals surface area contributed by atoms with E-state index < -0.39 is 0 Å². The SMILES string of the molecule is c1ccc(-c2nc(-c3ccc4c5ccccc5c5ccccc5c4c3)nc(-c3cccc4ccc(-c5cccc6ccc7nc(-c8ccccc8)oc7c56)cc34)n2)cc1. The van der Waals surface area contributed by atoms with Crippen LogP contribution in [0.25, 0.3) is 122 Å². The first-order valence-corrected chi connectivity index (χ1v) is 19.8. The molecule has 0 unspecified atom stereocenters. The standard InChI is InChI=1S/C54H32N4O/c1-3-13-35(14-4-1)51-56-52(38-27-29-44-42-21-8-7-19-40(42)41-20-9-10-22-43(41)47(44)32-38)58-53(57-51)45-24-11-17-33-25-26-37(31-46(33)45)39-23-12-18-34-28-30-48-50(49(34)39)59-54(55-48)36-15-5-2-6-16-36/h1-32H. The summed E-state index contributed by atoms with van der Waals surface area (Å²) in [5, 5.41) is 11.5. The fraction of sp³-hybridized carbons (Fsp3) is 0. The van der Waals surface area contributed by atoms with Crippen molar-refractivity contribution in [1.29, 1.82) is 0 Å². The summed E-state index contributed by atoms with van der Waals surface area (Å²) in [6.45, 7) is 0. The zero-order chi connectivity index (χ0) is 38.9. The maximum Gasteiger partial charge on any atom is 0.227 e. The van der Waals surface area contributed by atoms with Crippen LogP contribution < -0.4 is 0 Å². The Balaban J connectivity index is 1.06. The summed E-state index contributed by atoms with van der Waals surface area (Å²) < 4.78 is 6.55. The first-order valence-electron chi connectivity index (χ1n) is 19.8. The van der Waals surface area contributed by atoms with Gasteiger partial charge in [-0.05, 0) is 89.9 Å². The van der Waals surface area contributed by atoms with Crippen molar-refractivity contribution in [1.82, 2.24) is 19.9 Å². The highest BCUT2D eigenvalue weighted by atomic mass is 16.3. The highest BCUT2D eigenvalue weighted by molar-refractivity contribution is 6.25. The fourth-order valence-electron chi connectivity index (χ4n) is 8.72. The minimum absolute atomic E-state index is 0.608. The molecule has 274 valence electrons. The molecule has 0 N–H and O–H groups in total. The molecule has 0 amide bonds. The van der Waals surface area contributed by atoms with Gasteiger partial charge in [0.1, 0.15) is 5.52 Å². The van der Waals surface area contributed by atoms with Crippen molar-refractivity contribution < 1.29 is 4.42 Å². The molecule has 0 aliphatic carbocycles. The van der Waals surface area contributed by atoms with Gasteiger partial charge in [0.2, 0.25) is 5.89 Å². The van der Waals surface area contributed by atoms with Crippen molar-refractivity contribution in [2.75, 3.05) is 0 Å². The average Bonchev–Trinajstić information content (AvgIpc) is 3.77. The Bertz CT molecular complexity index is 3580. The number of aromatic nitrogens is 4. The first kappa shape index (κ1) is 33.2. The van der Waals surface area contributed by atoms with Gasteiger partial charge in [0.15, 0.2) is 23.1 Å². The average molecular weight is 753 g/mol. The minimum atomic E-state index is 0.608. The van der Waals surface area contributed by atoms with E-state index in [4.69, 9.17) is 24.4 Å². The van der Waals surface area contributed by atoms with Crippen LogP contribution in [0.4, 0.5) is 0 Å². The van der Waals surface area contributed by atoms with E-state index in [1.807, 2.05) is 54.6 Å². The van der Waals surface area contributed by atoms with Gasteiger partial charge in [-0.25, -0.2) is 19.9 Å². The molecule has 10 aromatic carbocycles. The highest BCUT2D eigenvalue weighted by Crippen LogP contribution is 2.40. The van der Waals surface area contributed by atoms with Crippen LogP contribution >= 0.6 is 0 Å². The number of benzene rings is 10. The number of hydrogen-bond donors (Lipinski definition) is 0. The Kier molecular flexibility index (Phi) is 7.47. The van der Waals surface area contributed by atoms with E-state index in [1.165, 1.54) is 32.3 Å². The van der Waals surface area contributed by atoms with E-state index in [-0.39, 0.29) is 0 Å². The molecule has 0 aliphatic rings. The molecule has 59 heavy (non-hydrogen) atoms.